The molecule has 2 N–H and O–H groups in total. The smallest absolute Gasteiger partial charge is 0.345 e. The lowest BCUT2D eigenvalue weighted by molar-refractivity contribution is -0.137. The molecular formula is C20H20F4N2O2. The zero-order valence-corrected chi connectivity index (χ0v) is 15.4. The summed E-state index contributed by atoms with van der Waals surface area (Å²) in [7, 11) is 0. The van der Waals surface area contributed by atoms with Gasteiger partial charge in [-0.2, -0.15) is 13.2 Å². The molecule has 0 radical (unpaired) electrons. The number of amides is 2. The topological polar surface area (TPSA) is 58.2 Å². The van der Waals surface area contributed by atoms with Crippen LogP contribution in [-0.2, 0) is 11.0 Å². The Bertz CT molecular complexity index is 866. The van der Waals surface area contributed by atoms with E-state index in [4.69, 9.17) is 0 Å². The van der Waals surface area contributed by atoms with Crippen molar-refractivity contribution in [3.8, 4) is 0 Å². The van der Waals surface area contributed by atoms with Gasteiger partial charge in [0.25, 0.3) is 5.91 Å². The fraction of sp³-hybridized carbons (Fsp3) is 0.300. The van der Waals surface area contributed by atoms with Crippen molar-refractivity contribution in [3.63, 3.8) is 0 Å². The van der Waals surface area contributed by atoms with E-state index in [0.29, 0.717) is 12.8 Å². The second-order valence-corrected chi connectivity index (χ2v) is 6.31. The molecule has 0 aromatic heterocycles. The lowest BCUT2D eigenvalue weighted by atomic mass is 9.99. The number of halogens is 4. The Balaban J connectivity index is 2.30. The summed E-state index contributed by atoms with van der Waals surface area (Å²) in [6.07, 6.45) is -3.54. The van der Waals surface area contributed by atoms with Crippen LogP contribution >= 0.6 is 0 Å². The van der Waals surface area contributed by atoms with Gasteiger partial charge in [0.15, 0.2) is 0 Å². The van der Waals surface area contributed by atoms with Crippen molar-refractivity contribution in [2.75, 3.05) is 5.32 Å². The van der Waals surface area contributed by atoms with Gasteiger partial charge in [0, 0.05) is 12.6 Å². The lowest BCUT2D eigenvalue weighted by Crippen LogP contribution is -2.29. The molecule has 0 saturated carbocycles. The van der Waals surface area contributed by atoms with Crippen LogP contribution in [0, 0.1) is 5.82 Å². The molecule has 2 amide bonds. The molecule has 1 atom stereocenters. The Hall–Kier alpha value is -2.90. The average Bonchev–Trinajstić information content (AvgIpc) is 2.62. The maximum Gasteiger partial charge on any atom is 0.416 e. The first kappa shape index (κ1) is 21.4. The van der Waals surface area contributed by atoms with Crippen molar-refractivity contribution in [2.45, 2.75) is 38.9 Å². The molecule has 4 nitrogen and oxygen atoms in total. The first-order valence-electron chi connectivity index (χ1n) is 8.67. The van der Waals surface area contributed by atoms with Crippen LogP contribution in [0.15, 0.2) is 42.5 Å². The van der Waals surface area contributed by atoms with E-state index in [1.165, 1.54) is 31.2 Å². The van der Waals surface area contributed by atoms with Crippen LogP contribution in [0.2, 0.25) is 0 Å². The maximum absolute atomic E-state index is 14.1. The third-order valence-electron chi connectivity index (χ3n) is 4.03. The Morgan fingerprint density at radius 2 is 1.82 bits per heavy atom. The number of carbonyl (C=O) groups excluding carboxylic acids is 2. The fourth-order valence-electron chi connectivity index (χ4n) is 2.76. The second-order valence-electron chi connectivity index (χ2n) is 6.31. The number of hydrogen-bond acceptors (Lipinski definition) is 2. The largest absolute Gasteiger partial charge is 0.416 e. The first-order chi connectivity index (χ1) is 13.1. The third kappa shape index (κ3) is 5.55. The van der Waals surface area contributed by atoms with Gasteiger partial charge in [-0.15, -0.1) is 0 Å². The van der Waals surface area contributed by atoms with Crippen LogP contribution in [0.25, 0.3) is 0 Å². The molecular weight excluding hydrogens is 376 g/mol. The minimum Gasteiger partial charge on any atom is -0.345 e. The van der Waals surface area contributed by atoms with E-state index < -0.39 is 29.5 Å². The lowest BCUT2D eigenvalue weighted by Gasteiger charge is -2.20. The number of nitrogens with one attached hydrogen (secondary N) is 2. The molecule has 0 fully saturated rings. The van der Waals surface area contributed by atoms with Crippen molar-refractivity contribution >= 4 is 17.5 Å². The summed E-state index contributed by atoms with van der Waals surface area (Å²) in [4.78, 5) is 23.7. The van der Waals surface area contributed by atoms with E-state index in [1.54, 1.807) is 0 Å². The van der Waals surface area contributed by atoms with Gasteiger partial charge in [0.1, 0.15) is 5.82 Å². The summed E-state index contributed by atoms with van der Waals surface area (Å²) < 4.78 is 53.0. The fourth-order valence-corrected chi connectivity index (χ4v) is 2.76. The number of rotatable bonds is 6. The molecule has 2 rings (SSSR count). The monoisotopic (exact) mass is 396 g/mol. The summed E-state index contributed by atoms with van der Waals surface area (Å²) in [5, 5.41) is 5.04. The zero-order valence-electron chi connectivity index (χ0n) is 15.4. The van der Waals surface area contributed by atoms with E-state index >= 15 is 0 Å². The van der Waals surface area contributed by atoms with Crippen LogP contribution < -0.4 is 10.6 Å². The van der Waals surface area contributed by atoms with Crippen LogP contribution in [0.1, 0.15) is 54.2 Å². The quantitative estimate of drug-likeness (QED) is 0.670. The number of alkyl halides is 3. The highest BCUT2D eigenvalue weighted by molar-refractivity contribution is 5.97. The van der Waals surface area contributed by atoms with Gasteiger partial charge in [0.2, 0.25) is 5.91 Å². The van der Waals surface area contributed by atoms with E-state index in [-0.39, 0.29) is 22.7 Å². The highest BCUT2D eigenvalue weighted by Crippen LogP contribution is 2.31. The summed E-state index contributed by atoms with van der Waals surface area (Å²) >= 11 is 0. The number of anilines is 1. The third-order valence-corrected chi connectivity index (χ3v) is 4.03. The molecule has 150 valence electrons. The zero-order chi connectivity index (χ0) is 20.9. The van der Waals surface area contributed by atoms with E-state index in [9.17, 15) is 27.2 Å². The summed E-state index contributed by atoms with van der Waals surface area (Å²) in [5.41, 5.74) is -0.605. The standard InChI is InChI=1S/C20H20F4N2O2/c1-3-5-18(13-6-4-7-14(10-13)20(22,23)24)26-19(28)16-11-15(25-12(2)27)8-9-17(16)21/h4,6-11,18H,3,5H2,1-2H3,(H,25,27)(H,26,28). The molecule has 0 heterocycles. The second kappa shape index (κ2) is 8.86. The van der Waals surface area contributed by atoms with Crippen molar-refractivity contribution < 1.29 is 27.2 Å². The Morgan fingerprint density at radius 1 is 1.11 bits per heavy atom. The van der Waals surface area contributed by atoms with E-state index in [2.05, 4.69) is 10.6 Å². The predicted molar refractivity (Wildman–Crippen MR) is 97.3 cm³/mol. The molecule has 2 aromatic carbocycles. The minimum atomic E-state index is -4.50. The van der Waals surface area contributed by atoms with Crippen molar-refractivity contribution in [2.24, 2.45) is 0 Å². The first-order valence-corrected chi connectivity index (χ1v) is 8.67. The van der Waals surface area contributed by atoms with Gasteiger partial charge >= 0.3 is 6.18 Å². The van der Waals surface area contributed by atoms with Crippen LogP contribution in [0.5, 0.6) is 0 Å². The predicted octanol–water partition coefficient (Wildman–Crippen LogP) is 5.07. The van der Waals surface area contributed by atoms with E-state index in [1.807, 2.05) is 6.92 Å². The van der Waals surface area contributed by atoms with Crippen molar-refractivity contribution in [1.82, 2.24) is 5.32 Å². The Kier molecular flexibility index (Phi) is 6.77. The number of benzene rings is 2. The van der Waals surface area contributed by atoms with Gasteiger partial charge in [-0.05, 0) is 42.3 Å². The van der Waals surface area contributed by atoms with Gasteiger partial charge in [-0.25, -0.2) is 4.39 Å². The van der Waals surface area contributed by atoms with Crippen LogP contribution in [-0.4, -0.2) is 11.8 Å². The molecule has 1 unspecified atom stereocenters. The Labute approximate surface area is 159 Å². The summed E-state index contributed by atoms with van der Waals surface area (Å²) in [6, 6.07) is 7.49. The molecule has 0 spiro atoms. The maximum atomic E-state index is 14.1. The van der Waals surface area contributed by atoms with Gasteiger partial charge in [0.05, 0.1) is 17.2 Å². The Morgan fingerprint density at radius 3 is 2.43 bits per heavy atom. The SMILES string of the molecule is CCCC(NC(=O)c1cc(NC(C)=O)ccc1F)c1cccc(C(F)(F)F)c1. The van der Waals surface area contributed by atoms with Crippen LogP contribution in [0.4, 0.5) is 23.2 Å². The summed E-state index contributed by atoms with van der Waals surface area (Å²) in [6.45, 7) is 3.10. The van der Waals surface area contributed by atoms with Gasteiger partial charge < -0.3 is 10.6 Å². The van der Waals surface area contributed by atoms with Gasteiger partial charge in [-0.3, -0.25) is 9.59 Å². The highest BCUT2D eigenvalue weighted by atomic mass is 19.4. The molecule has 0 bridgehead atoms. The molecule has 2 aromatic rings. The van der Waals surface area contributed by atoms with Crippen molar-refractivity contribution in [1.29, 1.82) is 0 Å². The normalized spacial score (nSPS) is 12.4. The molecule has 0 aliphatic rings. The summed E-state index contributed by atoms with van der Waals surface area (Å²) in [5.74, 6) is -1.96. The molecule has 28 heavy (non-hydrogen) atoms. The molecule has 0 aliphatic heterocycles. The average molecular weight is 396 g/mol. The number of carbonyl (C=O) groups is 2. The van der Waals surface area contributed by atoms with Gasteiger partial charge in [-0.1, -0.05) is 25.5 Å². The van der Waals surface area contributed by atoms with Crippen molar-refractivity contribution in [3.05, 3.63) is 65.0 Å². The molecule has 8 heteroatoms. The molecule has 0 aliphatic carbocycles. The number of hydrogen-bond donors (Lipinski definition) is 2. The minimum absolute atomic E-state index is 0.241. The van der Waals surface area contributed by atoms with E-state index in [0.717, 1.165) is 18.2 Å². The highest BCUT2D eigenvalue weighted by Gasteiger charge is 2.31. The molecule has 0 saturated heterocycles. The van der Waals surface area contributed by atoms with Crippen LogP contribution in [0.3, 0.4) is 0 Å².